The van der Waals surface area contributed by atoms with E-state index in [0.717, 1.165) is 16.2 Å². The minimum Gasteiger partial charge on any atom is -0.350 e. The number of imide groups is 1. The molecule has 1 aliphatic heterocycles. The first-order valence-electron chi connectivity index (χ1n) is 10.6. The molecule has 1 N–H and O–H groups in total. The Kier molecular flexibility index (Phi) is 6.72. The summed E-state index contributed by atoms with van der Waals surface area (Å²) < 4.78 is 0. The first-order chi connectivity index (χ1) is 16.3. The molecule has 8 heteroatoms. The number of aryl methyl sites for hydroxylation is 1. The Hall–Kier alpha value is -3.61. The van der Waals surface area contributed by atoms with E-state index in [4.69, 9.17) is 23.2 Å². The Morgan fingerprint density at radius 3 is 2.24 bits per heavy atom. The Labute approximate surface area is 207 Å². The number of nitrogens with one attached hydrogen (secondary N) is 1. The van der Waals surface area contributed by atoms with E-state index in [0.29, 0.717) is 28.5 Å². The molecule has 0 bridgehead atoms. The summed E-state index contributed by atoms with van der Waals surface area (Å²) in [6.07, 6.45) is 0. The summed E-state index contributed by atoms with van der Waals surface area (Å²) in [5.74, 6) is -1.34. The summed E-state index contributed by atoms with van der Waals surface area (Å²) in [6, 6.07) is 20.7. The normalized spacial score (nSPS) is 13.5. The molecule has 0 saturated carbocycles. The van der Waals surface area contributed by atoms with E-state index in [1.54, 1.807) is 53.4 Å². The third-order valence-electron chi connectivity index (χ3n) is 5.39. The van der Waals surface area contributed by atoms with Gasteiger partial charge in [-0.2, -0.15) is 0 Å². The molecule has 0 aromatic heterocycles. The summed E-state index contributed by atoms with van der Waals surface area (Å²) in [4.78, 5) is 41.3. The smallest absolute Gasteiger partial charge is 0.283 e. The molecular weight excluding hydrogens is 473 g/mol. The number of hydrogen-bond acceptors (Lipinski definition) is 4. The fraction of sp³-hybridized carbons (Fsp3) is 0.115. The van der Waals surface area contributed by atoms with Gasteiger partial charge in [-0.3, -0.25) is 14.4 Å². The second-order valence-electron chi connectivity index (χ2n) is 7.70. The van der Waals surface area contributed by atoms with Crippen molar-refractivity contribution in [2.24, 2.45) is 0 Å². The monoisotopic (exact) mass is 493 g/mol. The average Bonchev–Trinajstić information content (AvgIpc) is 3.04. The van der Waals surface area contributed by atoms with Crippen molar-refractivity contribution in [1.29, 1.82) is 0 Å². The lowest BCUT2D eigenvalue weighted by Gasteiger charge is -2.21. The number of carbonyl (C=O) groups is 3. The Balaban J connectivity index is 1.52. The molecule has 0 unspecified atom stereocenters. The summed E-state index contributed by atoms with van der Waals surface area (Å²) in [6.45, 7) is 4.41. The van der Waals surface area contributed by atoms with Gasteiger partial charge in [0.25, 0.3) is 17.7 Å². The van der Waals surface area contributed by atoms with Gasteiger partial charge in [0.1, 0.15) is 10.7 Å². The maximum Gasteiger partial charge on any atom is 0.283 e. The molecule has 0 spiro atoms. The molecule has 4 rings (SSSR count). The lowest BCUT2D eigenvalue weighted by atomic mass is 10.1. The van der Waals surface area contributed by atoms with Crippen LogP contribution in [0.2, 0.25) is 5.02 Å². The molecule has 3 aromatic carbocycles. The highest BCUT2D eigenvalue weighted by molar-refractivity contribution is 6.53. The van der Waals surface area contributed by atoms with Gasteiger partial charge in [0, 0.05) is 28.5 Å². The van der Waals surface area contributed by atoms with E-state index < -0.39 is 11.8 Å². The standard InChI is InChI=1S/C26H21Cl2N3O3/c1-3-30(21-6-4-5-16(2)15-21)24(32)17-7-11-19(12-8-17)29-23-22(28)25(33)31(26(23)34)20-13-9-18(27)10-14-20/h4-15,29H,3H2,1-2H3. The van der Waals surface area contributed by atoms with Gasteiger partial charge in [-0.1, -0.05) is 35.3 Å². The molecule has 34 heavy (non-hydrogen) atoms. The van der Waals surface area contributed by atoms with Gasteiger partial charge in [-0.05, 0) is 80.1 Å². The summed E-state index contributed by atoms with van der Waals surface area (Å²) >= 11 is 12.1. The molecule has 6 nitrogen and oxygen atoms in total. The van der Waals surface area contributed by atoms with Crippen LogP contribution < -0.4 is 15.1 Å². The zero-order valence-electron chi connectivity index (χ0n) is 18.5. The van der Waals surface area contributed by atoms with Crippen LogP contribution in [0.4, 0.5) is 17.1 Å². The first kappa shape index (κ1) is 23.5. The fourth-order valence-corrected chi connectivity index (χ4v) is 4.01. The average molecular weight is 494 g/mol. The maximum atomic E-state index is 13.1. The van der Waals surface area contributed by atoms with E-state index in [-0.39, 0.29) is 16.6 Å². The molecule has 172 valence electrons. The third kappa shape index (κ3) is 4.55. The van der Waals surface area contributed by atoms with Crippen LogP contribution in [0.15, 0.2) is 83.5 Å². The molecule has 0 saturated heterocycles. The predicted octanol–water partition coefficient (Wildman–Crippen LogP) is 5.75. The number of amides is 3. The minimum atomic E-state index is -0.625. The minimum absolute atomic E-state index is 0.0318. The quantitative estimate of drug-likeness (QED) is 0.443. The van der Waals surface area contributed by atoms with Crippen molar-refractivity contribution < 1.29 is 14.4 Å². The van der Waals surface area contributed by atoms with Crippen molar-refractivity contribution in [2.75, 3.05) is 21.7 Å². The largest absolute Gasteiger partial charge is 0.350 e. The molecule has 0 atom stereocenters. The SMILES string of the molecule is CCN(C(=O)c1ccc(NC2=C(Cl)C(=O)N(c3ccc(Cl)cc3)C2=O)cc1)c1cccc(C)c1. The Morgan fingerprint density at radius 2 is 1.62 bits per heavy atom. The van der Waals surface area contributed by atoms with E-state index in [2.05, 4.69) is 5.32 Å². The van der Waals surface area contributed by atoms with Crippen LogP contribution in [-0.2, 0) is 9.59 Å². The highest BCUT2D eigenvalue weighted by atomic mass is 35.5. The van der Waals surface area contributed by atoms with Crippen molar-refractivity contribution in [3.8, 4) is 0 Å². The van der Waals surface area contributed by atoms with Crippen molar-refractivity contribution >= 4 is 58.0 Å². The van der Waals surface area contributed by atoms with E-state index in [1.165, 1.54) is 0 Å². The lowest BCUT2D eigenvalue weighted by Crippen LogP contribution is -2.32. The van der Waals surface area contributed by atoms with Crippen LogP contribution >= 0.6 is 23.2 Å². The van der Waals surface area contributed by atoms with Crippen molar-refractivity contribution in [2.45, 2.75) is 13.8 Å². The molecule has 1 heterocycles. The van der Waals surface area contributed by atoms with Gasteiger partial charge in [0.05, 0.1) is 5.69 Å². The number of hydrogen-bond donors (Lipinski definition) is 1. The molecular formula is C26H21Cl2N3O3. The van der Waals surface area contributed by atoms with Crippen LogP contribution in [0.25, 0.3) is 0 Å². The first-order valence-corrected chi connectivity index (χ1v) is 11.4. The summed E-state index contributed by atoms with van der Waals surface area (Å²) in [5.41, 5.74) is 3.23. The summed E-state index contributed by atoms with van der Waals surface area (Å²) in [7, 11) is 0. The number of benzene rings is 3. The van der Waals surface area contributed by atoms with Crippen LogP contribution in [0.1, 0.15) is 22.8 Å². The molecule has 0 fully saturated rings. The summed E-state index contributed by atoms with van der Waals surface area (Å²) in [5, 5.41) is 3.19. The zero-order valence-corrected chi connectivity index (χ0v) is 20.0. The van der Waals surface area contributed by atoms with Gasteiger partial charge in [0.15, 0.2) is 0 Å². The highest BCUT2D eigenvalue weighted by Crippen LogP contribution is 2.31. The van der Waals surface area contributed by atoms with E-state index >= 15 is 0 Å². The van der Waals surface area contributed by atoms with Crippen molar-refractivity contribution in [3.63, 3.8) is 0 Å². The predicted molar refractivity (Wildman–Crippen MR) is 135 cm³/mol. The van der Waals surface area contributed by atoms with Crippen LogP contribution in [-0.4, -0.2) is 24.3 Å². The number of nitrogens with zero attached hydrogens (tertiary/aromatic N) is 2. The number of rotatable bonds is 6. The molecule has 3 amide bonds. The van der Waals surface area contributed by atoms with Gasteiger partial charge < -0.3 is 10.2 Å². The van der Waals surface area contributed by atoms with Crippen molar-refractivity contribution in [1.82, 2.24) is 0 Å². The van der Waals surface area contributed by atoms with E-state index in [1.807, 2.05) is 38.1 Å². The Bertz CT molecular complexity index is 1300. The molecule has 0 radical (unpaired) electrons. The fourth-order valence-electron chi connectivity index (χ4n) is 3.67. The number of carbonyl (C=O) groups excluding carboxylic acids is 3. The highest BCUT2D eigenvalue weighted by Gasteiger charge is 2.38. The van der Waals surface area contributed by atoms with Gasteiger partial charge in [0.2, 0.25) is 0 Å². The van der Waals surface area contributed by atoms with Crippen LogP contribution in [0, 0.1) is 6.92 Å². The number of anilines is 3. The second-order valence-corrected chi connectivity index (χ2v) is 8.52. The molecule has 1 aliphatic rings. The van der Waals surface area contributed by atoms with Crippen LogP contribution in [0.3, 0.4) is 0 Å². The Morgan fingerprint density at radius 1 is 0.941 bits per heavy atom. The van der Waals surface area contributed by atoms with Crippen LogP contribution in [0.5, 0.6) is 0 Å². The number of halogens is 2. The third-order valence-corrected chi connectivity index (χ3v) is 5.99. The molecule has 0 aliphatic carbocycles. The second kappa shape index (κ2) is 9.71. The topological polar surface area (TPSA) is 69.7 Å². The van der Waals surface area contributed by atoms with Gasteiger partial charge >= 0.3 is 0 Å². The van der Waals surface area contributed by atoms with Crippen molar-refractivity contribution in [3.05, 3.63) is 99.7 Å². The lowest BCUT2D eigenvalue weighted by molar-refractivity contribution is -0.120. The van der Waals surface area contributed by atoms with Gasteiger partial charge in [-0.25, -0.2) is 4.90 Å². The molecule has 3 aromatic rings. The van der Waals surface area contributed by atoms with E-state index in [9.17, 15) is 14.4 Å². The van der Waals surface area contributed by atoms with Gasteiger partial charge in [-0.15, -0.1) is 0 Å². The zero-order chi connectivity index (χ0) is 24.4. The maximum absolute atomic E-state index is 13.1.